The van der Waals surface area contributed by atoms with Crippen LogP contribution in [0, 0.1) is 11.8 Å². The van der Waals surface area contributed by atoms with Crippen molar-refractivity contribution in [3.63, 3.8) is 0 Å². The summed E-state index contributed by atoms with van der Waals surface area (Å²) in [6.45, 7) is 2.59. The first-order chi connectivity index (χ1) is 6.29. The van der Waals surface area contributed by atoms with Gasteiger partial charge in [0, 0.05) is 5.92 Å². The Labute approximate surface area is 78.6 Å². The van der Waals surface area contributed by atoms with Crippen molar-refractivity contribution in [3.8, 4) is 0 Å². The van der Waals surface area contributed by atoms with Gasteiger partial charge in [-0.25, -0.2) is 0 Å². The molecule has 2 unspecified atom stereocenters. The zero-order valence-electron chi connectivity index (χ0n) is 8.05. The Morgan fingerprint density at radius 2 is 2.38 bits per heavy atom. The maximum atomic E-state index is 10.9. The highest BCUT2D eigenvalue weighted by atomic mass is 16.2. The molecule has 1 saturated carbocycles. The molecular formula is C10H16N2O. The molecule has 3 nitrogen and oxygen atoms in total. The average Bonchev–Trinajstić information content (AvgIpc) is 2.71. The molecule has 13 heavy (non-hydrogen) atoms. The van der Waals surface area contributed by atoms with Crippen LogP contribution in [-0.4, -0.2) is 18.3 Å². The van der Waals surface area contributed by atoms with Gasteiger partial charge in [0.25, 0.3) is 0 Å². The zero-order chi connectivity index (χ0) is 9.26. The number of amidine groups is 1. The number of rotatable bonds is 2. The number of hydrogen-bond donors (Lipinski definition) is 1. The third-order valence-electron chi connectivity index (χ3n) is 3.17. The minimum atomic E-state index is 0.0648. The van der Waals surface area contributed by atoms with Gasteiger partial charge >= 0.3 is 0 Å². The minimum absolute atomic E-state index is 0.0648. The van der Waals surface area contributed by atoms with Gasteiger partial charge in [0.1, 0.15) is 12.4 Å². The van der Waals surface area contributed by atoms with Crippen molar-refractivity contribution in [2.24, 2.45) is 16.8 Å². The SMILES string of the molecule is CCC1CCC(C2=NCC(=O)N2)C1. The van der Waals surface area contributed by atoms with Crippen LogP contribution in [0.15, 0.2) is 4.99 Å². The van der Waals surface area contributed by atoms with E-state index in [0.717, 1.165) is 11.8 Å². The van der Waals surface area contributed by atoms with Crippen LogP contribution in [0.3, 0.4) is 0 Å². The van der Waals surface area contributed by atoms with E-state index >= 15 is 0 Å². The van der Waals surface area contributed by atoms with E-state index < -0.39 is 0 Å². The molecule has 1 fully saturated rings. The van der Waals surface area contributed by atoms with Crippen LogP contribution in [0.2, 0.25) is 0 Å². The van der Waals surface area contributed by atoms with Crippen LogP contribution >= 0.6 is 0 Å². The summed E-state index contributed by atoms with van der Waals surface area (Å²) in [4.78, 5) is 15.2. The molecule has 2 aliphatic rings. The quantitative estimate of drug-likeness (QED) is 0.684. The number of carbonyl (C=O) groups excluding carboxylic acids is 1. The maximum Gasteiger partial charge on any atom is 0.247 e. The number of nitrogens with zero attached hydrogens (tertiary/aromatic N) is 1. The summed E-state index contributed by atoms with van der Waals surface area (Å²) in [5, 5.41) is 2.85. The lowest BCUT2D eigenvalue weighted by Gasteiger charge is -2.09. The molecule has 1 amide bonds. The van der Waals surface area contributed by atoms with Gasteiger partial charge in [-0.05, 0) is 25.2 Å². The molecular weight excluding hydrogens is 164 g/mol. The second kappa shape index (κ2) is 3.48. The van der Waals surface area contributed by atoms with E-state index in [4.69, 9.17) is 0 Å². The average molecular weight is 180 g/mol. The third kappa shape index (κ3) is 1.74. The molecule has 1 heterocycles. The first kappa shape index (κ1) is 8.73. The second-order valence-electron chi connectivity index (χ2n) is 4.03. The summed E-state index contributed by atoms with van der Waals surface area (Å²) < 4.78 is 0. The van der Waals surface area contributed by atoms with Crippen molar-refractivity contribution >= 4 is 11.7 Å². The third-order valence-corrected chi connectivity index (χ3v) is 3.17. The van der Waals surface area contributed by atoms with E-state index in [0.29, 0.717) is 12.5 Å². The minimum Gasteiger partial charge on any atom is -0.313 e. The van der Waals surface area contributed by atoms with E-state index in [1.165, 1.54) is 25.7 Å². The Morgan fingerprint density at radius 3 is 2.92 bits per heavy atom. The molecule has 2 atom stereocenters. The predicted octanol–water partition coefficient (Wildman–Crippen LogP) is 1.34. The molecule has 1 aliphatic carbocycles. The molecule has 1 aliphatic heterocycles. The van der Waals surface area contributed by atoms with E-state index in [1.807, 2.05) is 0 Å². The summed E-state index contributed by atoms with van der Waals surface area (Å²) in [5.41, 5.74) is 0. The standard InChI is InChI=1S/C10H16N2O/c1-2-7-3-4-8(5-7)10-11-6-9(13)12-10/h7-8H,2-6H2,1H3,(H,11,12,13). The van der Waals surface area contributed by atoms with Gasteiger partial charge in [0.2, 0.25) is 5.91 Å². The van der Waals surface area contributed by atoms with Crippen molar-refractivity contribution < 1.29 is 4.79 Å². The predicted molar refractivity (Wildman–Crippen MR) is 51.6 cm³/mol. The summed E-state index contributed by atoms with van der Waals surface area (Å²) in [7, 11) is 0. The molecule has 0 bridgehead atoms. The highest BCUT2D eigenvalue weighted by Gasteiger charge is 2.29. The molecule has 0 aromatic carbocycles. The Morgan fingerprint density at radius 1 is 1.54 bits per heavy atom. The van der Waals surface area contributed by atoms with Crippen LogP contribution in [-0.2, 0) is 4.79 Å². The van der Waals surface area contributed by atoms with Crippen LogP contribution in [0.5, 0.6) is 0 Å². The number of nitrogens with one attached hydrogen (secondary N) is 1. The van der Waals surface area contributed by atoms with Crippen molar-refractivity contribution in [3.05, 3.63) is 0 Å². The smallest absolute Gasteiger partial charge is 0.247 e. The highest BCUT2D eigenvalue weighted by molar-refractivity contribution is 6.05. The first-order valence-corrected chi connectivity index (χ1v) is 5.13. The van der Waals surface area contributed by atoms with E-state index in [-0.39, 0.29) is 5.91 Å². The van der Waals surface area contributed by atoms with E-state index in [2.05, 4.69) is 17.2 Å². The van der Waals surface area contributed by atoms with Crippen LogP contribution in [0.25, 0.3) is 0 Å². The van der Waals surface area contributed by atoms with Crippen LogP contribution in [0.1, 0.15) is 32.6 Å². The largest absolute Gasteiger partial charge is 0.313 e. The maximum absolute atomic E-state index is 10.9. The molecule has 0 saturated heterocycles. The van der Waals surface area contributed by atoms with Crippen LogP contribution < -0.4 is 5.32 Å². The zero-order valence-corrected chi connectivity index (χ0v) is 8.05. The lowest BCUT2D eigenvalue weighted by Crippen LogP contribution is -2.29. The van der Waals surface area contributed by atoms with Gasteiger partial charge in [0.05, 0.1) is 0 Å². The second-order valence-corrected chi connectivity index (χ2v) is 4.03. The Balaban J connectivity index is 1.93. The van der Waals surface area contributed by atoms with Gasteiger partial charge in [-0.2, -0.15) is 0 Å². The lowest BCUT2D eigenvalue weighted by molar-refractivity contribution is -0.117. The summed E-state index contributed by atoms with van der Waals surface area (Å²) in [6, 6.07) is 0. The molecule has 1 N–H and O–H groups in total. The topological polar surface area (TPSA) is 41.5 Å². The molecule has 0 spiro atoms. The van der Waals surface area contributed by atoms with Crippen molar-refractivity contribution in [2.75, 3.05) is 6.54 Å². The number of carbonyl (C=O) groups is 1. The molecule has 0 aromatic heterocycles. The number of amides is 1. The molecule has 2 rings (SSSR count). The van der Waals surface area contributed by atoms with Crippen molar-refractivity contribution in [1.82, 2.24) is 5.32 Å². The normalized spacial score (nSPS) is 33.3. The Kier molecular flexibility index (Phi) is 2.34. The van der Waals surface area contributed by atoms with Gasteiger partial charge in [-0.15, -0.1) is 0 Å². The summed E-state index contributed by atoms with van der Waals surface area (Å²) in [6.07, 6.45) is 4.99. The number of aliphatic imine (C=N–C) groups is 1. The number of hydrogen-bond acceptors (Lipinski definition) is 2. The van der Waals surface area contributed by atoms with Gasteiger partial charge in [-0.3, -0.25) is 9.79 Å². The fourth-order valence-corrected chi connectivity index (χ4v) is 2.30. The molecule has 0 aromatic rings. The van der Waals surface area contributed by atoms with E-state index in [9.17, 15) is 4.79 Å². The van der Waals surface area contributed by atoms with Crippen molar-refractivity contribution in [1.29, 1.82) is 0 Å². The Bertz CT molecular complexity index is 247. The Hall–Kier alpha value is -0.860. The van der Waals surface area contributed by atoms with Gasteiger partial charge < -0.3 is 5.32 Å². The first-order valence-electron chi connectivity index (χ1n) is 5.13. The van der Waals surface area contributed by atoms with Gasteiger partial charge in [0.15, 0.2) is 0 Å². The fourth-order valence-electron chi connectivity index (χ4n) is 2.30. The summed E-state index contributed by atoms with van der Waals surface area (Å²) in [5.74, 6) is 2.41. The highest BCUT2D eigenvalue weighted by Crippen LogP contribution is 2.33. The van der Waals surface area contributed by atoms with E-state index in [1.54, 1.807) is 0 Å². The summed E-state index contributed by atoms with van der Waals surface area (Å²) >= 11 is 0. The lowest BCUT2D eigenvalue weighted by atomic mass is 10.0. The van der Waals surface area contributed by atoms with Crippen molar-refractivity contribution in [2.45, 2.75) is 32.6 Å². The molecule has 3 heteroatoms. The van der Waals surface area contributed by atoms with Gasteiger partial charge in [-0.1, -0.05) is 13.3 Å². The van der Waals surface area contributed by atoms with Crippen LogP contribution in [0.4, 0.5) is 0 Å². The fraction of sp³-hybridized carbons (Fsp3) is 0.800. The monoisotopic (exact) mass is 180 g/mol. The molecule has 0 radical (unpaired) electrons. The molecule has 72 valence electrons.